The van der Waals surface area contributed by atoms with Crippen LogP contribution in [0, 0.1) is 0 Å². The van der Waals surface area contributed by atoms with Crippen molar-refractivity contribution in [3.05, 3.63) is 75.7 Å². The molecule has 2 amide bonds. The summed E-state index contributed by atoms with van der Waals surface area (Å²) in [6, 6.07) is 17.1. The molecule has 11 heteroatoms. The lowest BCUT2D eigenvalue weighted by molar-refractivity contribution is -0.126. The zero-order chi connectivity index (χ0) is 22.5. The van der Waals surface area contributed by atoms with Gasteiger partial charge in [-0.1, -0.05) is 101 Å². The SMILES string of the molecule is O=C(CN1C(=O)/C(=C/c2ccccc2)SC1=S)Nc1nnc(SCc2ccc(Cl)cc2)s1. The number of hydrogen-bond donors (Lipinski definition) is 1. The van der Waals surface area contributed by atoms with Gasteiger partial charge in [0.05, 0.1) is 4.91 Å². The van der Waals surface area contributed by atoms with E-state index in [-0.39, 0.29) is 18.4 Å². The summed E-state index contributed by atoms with van der Waals surface area (Å²) in [6.07, 6.45) is 1.77. The van der Waals surface area contributed by atoms with Gasteiger partial charge < -0.3 is 0 Å². The lowest BCUT2D eigenvalue weighted by Gasteiger charge is -2.13. The number of hydrogen-bond acceptors (Lipinski definition) is 8. The highest BCUT2D eigenvalue weighted by Gasteiger charge is 2.33. The summed E-state index contributed by atoms with van der Waals surface area (Å²) in [5.74, 6) is 0.0486. The van der Waals surface area contributed by atoms with Crippen LogP contribution in [0.3, 0.4) is 0 Å². The van der Waals surface area contributed by atoms with Crippen LogP contribution >= 0.6 is 58.7 Å². The molecule has 0 aliphatic carbocycles. The predicted octanol–water partition coefficient (Wildman–Crippen LogP) is 5.32. The Morgan fingerprint density at radius 1 is 1.16 bits per heavy atom. The molecule has 1 aromatic heterocycles. The second kappa shape index (κ2) is 10.6. The number of halogens is 1. The monoisotopic (exact) mass is 518 g/mol. The van der Waals surface area contributed by atoms with Crippen LogP contribution in [0.1, 0.15) is 11.1 Å². The number of amides is 2. The first kappa shape index (κ1) is 22.9. The molecule has 0 atom stereocenters. The van der Waals surface area contributed by atoms with Crippen molar-refractivity contribution in [3.63, 3.8) is 0 Å². The summed E-state index contributed by atoms with van der Waals surface area (Å²) >= 11 is 15.2. The number of thiocarbonyl (C=S) groups is 1. The molecule has 0 unspecified atom stereocenters. The number of benzene rings is 2. The Hall–Kier alpha value is -2.24. The van der Waals surface area contributed by atoms with Gasteiger partial charge in [0.1, 0.15) is 10.9 Å². The van der Waals surface area contributed by atoms with Crippen molar-refractivity contribution in [1.82, 2.24) is 15.1 Å². The highest BCUT2D eigenvalue weighted by atomic mass is 35.5. The molecule has 32 heavy (non-hydrogen) atoms. The summed E-state index contributed by atoms with van der Waals surface area (Å²) < 4.78 is 1.08. The van der Waals surface area contributed by atoms with Crippen LogP contribution in [0.5, 0.6) is 0 Å². The number of anilines is 1. The number of thioether (sulfide) groups is 2. The Kier molecular flexibility index (Phi) is 7.59. The normalized spacial score (nSPS) is 14.9. The summed E-state index contributed by atoms with van der Waals surface area (Å²) in [6.45, 7) is -0.177. The van der Waals surface area contributed by atoms with Crippen molar-refractivity contribution in [2.75, 3.05) is 11.9 Å². The molecule has 2 heterocycles. The molecule has 4 rings (SSSR count). The average Bonchev–Trinajstić information content (AvgIpc) is 3.33. The first-order valence-electron chi connectivity index (χ1n) is 9.29. The molecule has 1 N–H and O–H groups in total. The number of nitrogens with zero attached hydrogens (tertiary/aromatic N) is 3. The maximum Gasteiger partial charge on any atom is 0.266 e. The maximum absolute atomic E-state index is 12.7. The van der Waals surface area contributed by atoms with E-state index in [2.05, 4.69) is 15.5 Å². The van der Waals surface area contributed by atoms with Gasteiger partial charge in [0.15, 0.2) is 4.34 Å². The van der Waals surface area contributed by atoms with E-state index in [1.807, 2.05) is 54.6 Å². The Bertz CT molecular complexity index is 1180. The molecule has 0 radical (unpaired) electrons. The zero-order valence-corrected chi connectivity index (χ0v) is 20.4. The Morgan fingerprint density at radius 3 is 2.66 bits per heavy atom. The van der Waals surface area contributed by atoms with E-state index in [1.54, 1.807) is 6.08 Å². The summed E-state index contributed by atoms with van der Waals surface area (Å²) in [5.41, 5.74) is 2.01. The second-order valence-electron chi connectivity index (χ2n) is 6.51. The van der Waals surface area contributed by atoms with Crippen LogP contribution < -0.4 is 5.32 Å². The average molecular weight is 519 g/mol. The van der Waals surface area contributed by atoms with E-state index >= 15 is 0 Å². The van der Waals surface area contributed by atoms with Gasteiger partial charge in [0.2, 0.25) is 11.0 Å². The van der Waals surface area contributed by atoms with Crippen molar-refractivity contribution >= 4 is 86.0 Å². The molecule has 162 valence electrons. The van der Waals surface area contributed by atoms with Crippen LogP contribution in [-0.2, 0) is 15.3 Å². The molecule has 0 spiro atoms. The zero-order valence-electron chi connectivity index (χ0n) is 16.4. The van der Waals surface area contributed by atoms with Crippen LogP contribution in [0.4, 0.5) is 5.13 Å². The lowest BCUT2D eigenvalue weighted by Crippen LogP contribution is -2.36. The van der Waals surface area contributed by atoms with E-state index < -0.39 is 0 Å². The quantitative estimate of drug-likeness (QED) is 0.196. The largest absolute Gasteiger partial charge is 0.299 e. The molecule has 6 nitrogen and oxygen atoms in total. The van der Waals surface area contributed by atoms with Gasteiger partial charge in [0, 0.05) is 10.8 Å². The molecule has 0 bridgehead atoms. The molecular weight excluding hydrogens is 504 g/mol. The minimum atomic E-state index is -0.382. The fourth-order valence-electron chi connectivity index (χ4n) is 2.68. The number of carbonyl (C=O) groups excluding carboxylic acids is 2. The lowest BCUT2D eigenvalue weighted by atomic mass is 10.2. The third-order valence-electron chi connectivity index (χ3n) is 4.20. The Balaban J connectivity index is 1.32. The van der Waals surface area contributed by atoms with Crippen LogP contribution in [0.25, 0.3) is 6.08 Å². The van der Waals surface area contributed by atoms with Gasteiger partial charge in [-0.3, -0.25) is 19.8 Å². The van der Waals surface area contributed by atoms with Gasteiger partial charge in [0.25, 0.3) is 5.91 Å². The first-order chi connectivity index (χ1) is 15.5. The Morgan fingerprint density at radius 2 is 1.91 bits per heavy atom. The third kappa shape index (κ3) is 5.96. The molecule has 2 aromatic carbocycles. The number of nitrogens with one attached hydrogen (secondary N) is 1. The minimum Gasteiger partial charge on any atom is -0.299 e. The smallest absolute Gasteiger partial charge is 0.266 e. The Labute approximate surface area is 207 Å². The molecule has 1 aliphatic heterocycles. The first-order valence-corrected chi connectivity index (χ1v) is 12.7. The van der Waals surface area contributed by atoms with Crippen LogP contribution in [0.15, 0.2) is 63.8 Å². The third-order valence-corrected chi connectivity index (χ3v) is 7.87. The number of aromatic nitrogens is 2. The van der Waals surface area contributed by atoms with Crippen molar-refractivity contribution in [2.45, 2.75) is 10.1 Å². The topological polar surface area (TPSA) is 75.2 Å². The van der Waals surface area contributed by atoms with Gasteiger partial charge in [-0.05, 0) is 29.3 Å². The van der Waals surface area contributed by atoms with E-state index in [9.17, 15) is 9.59 Å². The van der Waals surface area contributed by atoms with Crippen molar-refractivity contribution in [1.29, 1.82) is 0 Å². The minimum absolute atomic E-state index is 0.177. The van der Waals surface area contributed by atoms with E-state index in [4.69, 9.17) is 23.8 Å². The molecule has 3 aromatic rings. The highest BCUT2D eigenvalue weighted by molar-refractivity contribution is 8.26. The van der Waals surface area contributed by atoms with E-state index in [1.165, 1.54) is 39.8 Å². The fraction of sp³-hybridized carbons (Fsp3) is 0.0952. The van der Waals surface area contributed by atoms with Crippen LogP contribution in [-0.4, -0.2) is 37.8 Å². The van der Waals surface area contributed by atoms with Crippen molar-refractivity contribution in [2.24, 2.45) is 0 Å². The number of carbonyl (C=O) groups is 2. The van der Waals surface area contributed by atoms with E-state index in [0.717, 1.165) is 15.5 Å². The molecule has 1 fully saturated rings. The maximum atomic E-state index is 12.7. The summed E-state index contributed by atoms with van der Waals surface area (Å²) in [4.78, 5) is 26.9. The standard InChI is InChI=1S/C21H15ClN4O2S4/c22-15-8-6-14(7-9-15)12-30-20-25-24-19(32-20)23-17(27)11-26-18(28)16(31-21(26)29)10-13-4-2-1-3-5-13/h1-10H,11-12H2,(H,23,24,27)/b16-10-. The predicted molar refractivity (Wildman–Crippen MR) is 136 cm³/mol. The molecule has 0 saturated carbocycles. The van der Waals surface area contributed by atoms with Gasteiger partial charge in [-0.25, -0.2) is 0 Å². The second-order valence-corrected chi connectivity index (χ2v) is 10.8. The van der Waals surface area contributed by atoms with Crippen molar-refractivity contribution < 1.29 is 9.59 Å². The van der Waals surface area contributed by atoms with Crippen molar-refractivity contribution in [3.8, 4) is 0 Å². The molecular formula is C21H15ClN4O2S4. The molecule has 1 aliphatic rings. The summed E-state index contributed by atoms with van der Waals surface area (Å²) in [7, 11) is 0. The summed E-state index contributed by atoms with van der Waals surface area (Å²) in [5, 5.41) is 11.9. The molecule has 1 saturated heterocycles. The number of rotatable bonds is 7. The van der Waals surface area contributed by atoms with Gasteiger partial charge in [-0.15, -0.1) is 10.2 Å². The highest BCUT2D eigenvalue weighted by Crippen LogP contribution is 2.33. The van der Waals surface area contributed by atoms with Gasteiger partial charge >= 0.3 is 0 Å². The van der Waals surface area contributed by atoms with Gasteiger partial charge in [-0.2, -0.15) is 0 Å². The van der Waals surface area contributed by atoms with Crippen LogP contribution in [0.2, 0.25) is 5.02 Å². The van der Waals surface area contributed by atoms with E-state index in [0.29, 0.717) is 25.1 Å². The fourth-order valence-corrected chi connectivity index (χ4v) is 5.79.